The Bertz CT molecular complexity index is 390. The second kappa shape index (κ2) is 4.77. The number of rotatable bonds is 2. The summed E-state index contributed by atoms with van der Waals surface area (Å²) in [5.41, 5.74) is 0.235. The zero-order valence-electron chi connectivity index (χ0n) is 10.6. The van der Waals surface area contributed by atoms with Gasteiger partial charge in [-0.05, 0) is 42.4 Å². The summed E-state index contributed by atoms with van der Waals surface area (Å²) in [6.07, 6.45) is 3.64. The molecule has 1 fully saturated rings. The van der Waals surface area contributed by atoms with Gasteiger partial charge in [0, 0.05) is 6.42 Å². The maximum absolute atomic E-state index is 13.1. The highest BCUT2D eigenvalue weighted by molar-refractivity contribution is 5.19. The summed E-state index contributed by atoms with van der Waals surface area (Å²) in [5, 5.41) is 10.7. The lowest BCUT2D eigenvalue weighted by atomic mass is 9.69. The quantitative estimate of drug-likeness (QED) is 0.832. The molecule has 3 atom stereocenters. The first-order valence-corrected chi connectivity index (χ1v) is 6.46. The molecular weight excluding hydrogens is 215 g/mol. The van der Waals surface area contributed by atoms with Crippen LogP contribution in [0.2, 0.25) is 0 Å². The molecule has 1 aliphatic carbocycles. The van der Waals surface area contributed by atoms with E-state index in [9.17, 15) is 9.50 Å². The summed E-state index contributed by atoms with van der Waals surface area (Å²) in [6.45, 7) is 4.29. The van der Waals surface area contributed by atoms with Gasteiger partial charge < -0.3 is 5.11 Å². The van der Waals surface area contributed by atoms with Crippen LogP contribution in [0.5, 0.6) is 0 Å². The van der Waals surface area contributed by atoms with Crippen LogP contribution < -0.4 is 0 Å². The molecule has 0 aliphatic heterocycles. The van der Waals surface area contributed by atoms with Gasteiger partial charge in [0.1, 0.15) is 5.82 Å². The summed E-state index contributed by atoms with van der Waals surface area (Å²) in [4.78, 5) is 0. The Balaban J connectivity index is 2.15. The van der Waals surface area contributed by atoms with Crippen LogP contribution in [0.1, 0.15) is 38.7 Å². The first-order chi connectivity index (χ1) is 7.99. The zero-order valence-corrected chi connectivity index (χ0v) is 10.6. The predicted molar refractivity (Wildman–Crippen MR) is 67.2 cm³/mol. The van der Waals surface area contributed by atoms with Gasteiger partial charge in [-0.2, -0.15) is 0 Å². The summed E-state index contributed by atoms with van der Waals surface area (Å²) >= 11 is 0. The standard InChI is InChI=1S/C15H21FO/c1-11-6-7-12(2)15(17,9-11)10-13-4-3-5-14(16)8-13/h3-5,8,11-12,17H,6-7,9-10H2,1-2H3. The van der Waals surface area contributed by atoms with Crippen molar-refractivity contribution >= 4 is 0 Å². The molecule has 0 spiro atoms. The topological polar surface area (TPSA) is 20.2 Å². The van der Waals surface area contributed by atoms with Crippen LogP contribution in [-0.4, -0.2) is 10.7 Å². The third kappa shape index (κ3) is 2.86. The normalized spacial score (nSPS) is 33.6. The van der Waals surface area contributed by atoms with E-state index >= 15 is 0 Å². The molecule has 1 aromatic carbocycles. The molecular formula is C15H21FO. The van der Waals surface area contributed by atoms with E-state index in [0.717, 1.165) is 18.4 Å². The van der Waals surface area contributed by atoms with E-state index in [1.807, 2.05) is 6.07 Å². The first kappa shape index (κ1) is 12.6. The largest absolute Gasteiger partial charge is 0.389 e. The van der Waals surface area contributed by atoms with Crippen molar-refractivity contribution in [3.8, 4) is 0 Å². The molecule has 1 N–H and O–H groups in total. The lowest BCUT2D eigenvalue weighted by molar-refractivity contribution is -0.0560. The second-order valence-electron chi connectivity index (χ2n) is 5.70. The molecule has 2 rings (SSSR count). The molecule has 17 heavy (non-hydrogen) atoms. The van der Waals surface area contributed by atoms with Crippen molar-refractivity contribution in [3.63, 3.8) is 0 Å². The highest BCUT2D eigenvalue weighted by Gasteiger charge is 2.38. The Labute approximate surface area is 103 Å². The Morgan fingerprint density at radius 3 is 2.82 bits per heavy atom. The van der Waals surface area contributed by atoms with Crippen LogP contribution in [0.25, 0.3) is 0 Å². The third-order valence-electron chi connectivity index (χ3n) is 4.11. The minimum absolute atomic E-state index is 0.220. The molecule has 0 radical (unpaired) electrons. The molecule has 0 aromatic heterocycles. The maximum atomic E-state index is 13.1. The van der Waals surface area contributed by atoms with Gasteiger partial charge in [-0.15, -0.1) is 0 Å². The molecule has 0 amide bonds. The maximum Gasteiger partial charge on any atom is 0.123 e. The predicted octanol–water partition coefficient (Wildman–Crippen LogP) is 3.56. The lowest BCUT2D eigenvalue weighted by Crippen LogP contribution is -2.43. The molecule has 1 aromatic rings. The number of benzene rings is 1. The van der Waals surface area contributed by atoms with Crippen LogP contribution in [0.15, 0.2) is 24.3 Å². The van der Waals surface area contributed by atoms with Crippen molar-refractivity contribution < 1.29 is 9.50 Å². The van der Waals surface area contributed by atoms with Gasteiger partial charge in [0.25, 0.3) is 0 Å². The van der Waals surface area contributed by atoms with E-state index in [4.69, 9.17) is 0 Å². The van der Waals surface area contributed by atoms with Crippen LogP contribution in [-0.2, 0) is 6.42 Å². The van der Waals surface area contributed by atoms with E-state index in [1.165, 1.54) is 18.6 Å². The van der Waals surface area contributed by atoms with Gasteiger partial charge in [-0.25, -0.2) is 4.39 Å². The summed E-state index contributed by atoms with van der Waals surface area (Å²) < 4.78 is 13.1. The lowest BCUT2D eigenvalue weighted by Gasteiger charge is -2.41. The smallest absolute Gasteiger partial charge is 0.123 e. The second-order valence-corrected chi connectivity index (χ2v) is 5.70. The monoisotopic (exact) mass is 236 g/mol. The number of hydrogen-bond donors (Lipinski definition) is 1. The molecule has 1 nitrogen and oxygen atoms in total. The van der Waals surface area contributed by atoms with Gasteiger partial charge in [-0.3, -0.25) is 0 Å². The number of hydrogen-bond acceptors (Lipinski definition) is 1. The van der Waals surface area contributed by atoms with Gasteiger partial charge in [0.2, 0.25) is 0 Å². The Kier molecular flexibility index (Phi) is 3.53. The Morgan fingerprint density at radius 2 is 2.12 bits per heavy atom. The fourth-order valence-corrected chi connectivity index (χ4v) is 2.96. The third-order valence-corrected chi connectivity index (χ3v) is 4.11. The van der Waals surface area contributed by atoms with E-state index in [1.54, 1.807) is 6.07 Å². The summed E-state index contributed by atoms with van der Waals surface area (Å²) in [7, 11) is 0. The average molecular weight is 236 g/mol. The SMILES string of the molecule is CC1CCC(C)C(O)(Cc2cccc(F)c2)C1. The van der Waals surface area contributed by atoms with Crippen molar-refractivity contribution in [2.24, 2.45) is 11.8 Å². The van der Waals surface area contributed by atoms with Crippen LogP contribution in [0.3, 0.4) is 0 Å². The van der Waals surface area contributed by atoms with Crippen molar-refractivity contribution in [1.29, 1.82) is 0 Å². The van der Waals surface area contributed by atoms with Crippen LogP contribution in [0, 0.1) is 17.7 Å². The van der Waals surface area contributed by atoms with Crippen molar-refractivity contribution in [3.05, 3.63) is 35.6 Å². The first-order valence-electron chi connectivity index (χ1n) is 6.46. The van der Waals surface area contributed by atoms with Gasteiger partial charge in [-0.1, -0.05) is 32.4 Å². The van der Waals surface area contributed by atoms with Crippen molar-refractivity contribution in [2.45, 2.75) is 45.1 Å². The summed E-state index contributed by atoms with van der Waals surface area (Å²) in [6, 6.07) is 6.59. The van der Waals surface area contributed by atoms with Gasteiger partial charge in [0.15, 0.2) is 0 Å². The van der Waals surface area contributed by atoms with Gasteiger partial charge in [0.05, 0.1) is 5.60 Å². The molecule has 0 bridgehead atoms. The van der Waals surface area contributed by atoms with Crippen molar-refractivity contribution in [2.75, 3.05) is 0 Å². The molecule has 3 unspecified atom stereocenters. The number of halogens is 1. The highest BCUT2D eigenvalue weighted by atomic mass is 19.1. The molecule has 94 valence electrons. The Morgan fingerprint density at radius 1 is 1.35 bits per heavy atom. The Hall–Kier alpha value is -0.890. The van der Waals surface area contributed by atoms with E-state index < -0.39 is 5.60 Å². The minimum atomic E-state index is -0.661. The molecule has 1 saturated carbocycles. The van der Waals surface area contributed by atoms with E-state index in [-0.39, 0.29) is 5.82 Å². The molecule has 1 aliphatic rings. The van der Waals surface area contributed by atoms with E-state index in [2.05, 4.69) is 13.8 Å². The van der Waals surface area contributed by atoms with Crippen LogP contribution in [0.4, 0.5) is 4.39 Å². The highest BCUT2D eigenvalue weighted by Crippen LogP contribution is 2.38. The average Bonchev–Trinajstić information content (AvgIpc) is 2.24. The number of aliphatic hydroxyl groups is 1. The van der Waals surface area contributed by atoms with Crippen molar-refractivity contribution in [1.82, 2.24) is 0 Å². The fourth-order valence-electron chi connectivity index (χ4n) is 2.96. The van der Waals surface area contributed by atoms with Gasteiger partial charge >= 0.3 is 0 Å². The molecule has 0 heterocycles. The molecule has 0 saturated heterocycles. The van der Waals surface area contributed by atoms with E-state index in [0.29, 0.717) is 18.3 Å². The van der Waals surface area contributed by atoms with Crippen LogP contribution >= 0.6 is 0 Å². The minimum Gasteiger partial charge on any atom is -0.389 e. The fraction of sp³-hybridized carbons (Fsp3) is 0.600. The molecule has 2 heteroatoms. The zero-order chi connectivity index (χ0) is 12.5. The summed E-state index contributed by atoms with van der Waals surface area (Å²) in [5.74, 6) is 0.634.